The fraction of sp³-hybridized carbons (Fsp3) is 0.200. The summed E-state index contributed by atoms with van der Waals surface area (Å²) in [7, 11) is 0. The van der Waals surface area contributed by atoms with Gasteiger partial charge < -0.3 is 5.32 Å². The van der Waals surface area contributed by atoms with Gasteiger partial charge in [-0.1, -0.05) is 24.3 Å². The van der Waals surface area contributed by atoms with Crippen LogP contribution >= 0.6 is 0 Å². The number of nitrogens with one attached hydrogen (secondary N) is 1. The Morgan fingerprint density at radius 2 is 1.79 bits per heavy atom. The Kier molecular flexibility index (Phi) is 4.22. The fourth-order valence-corrected chi connectivity index (χ4v) is 1.84. The molecule has 0 fully saturated rings. The average Bonchev–Trinajstić information content (AvgIpc) is 2.40. The molecule has 1 N–H and O–H groups in total. The van der Waals surface area contributed by atoms with Gasteiger partial charge in [0.25, 0.3) is 0 Å². The summed E-state index contributed by atoms with van der Waals surface area (Å²) in [6.07, 6.45) is 0. The maximum atomic E-state index is 13.4. The van der Waals surface area contributed by atoms with E-state index in [2.05, 4.69) is 5.32 Å². The van der Waals surface area contributed by atoms with Crippen LogP contribution in [0.5, 0.6) is 0 Å². The third kappa shape index (κ3) is 3.35. The molecule has 2 aromatic carbocycles. The van der Waals surface area contributed by atoms with Crippen LogP contribution in [-0.4, -0.2) is 0 Å². The number of hydrogen-bond acceptors (Lipinski definition) is 1. The summed E-state index contributed by atoms with van der Waals surface area (Å²) in [5, 5.41) is 3.04. The van der Waals surface area contributed by atoms with E-state index in [4.69, 9.17) is 0 Å². The van der Waals surface area contributed by atoms with Crippen molar-refractivity contribution in [3.63, 3.8) is 0 Å². The van der Waals surface area contributed by atoms with Crippen molar-refractivity contribution < 1.29 is 13.2 Å². The molecule has 0 aliphatic carbocycles. The molecule has 0 amide bonds. The highest BCUT2D eigenvalue weighted by atomic mass is 19.2. The number of benzene rings is 2. The fourth-order valence-electron chi connectivity index (χ4n) is 1.84. The third-order valence-electron chi connectivity index (χ3n) is 2.98. The first kappa shape index (κ1) is 13.6. The maximum absolute atomic E-state index is 13.4. The molecule has 0 spiro atoms. The van der Waals surface area contributed by atoms with Crippen LogP contribution in [0.3, 0.4) is 0 Å². The molecule has 0 saturated heterocycles. The minimum absolute atomic E-state index is 0.154. The molecule has 0 aromatic heterocycles. The lowest BCUT2D eigenvalue weighted by Gasteiger charge is -2.14. The van der Waals surface area contributed by atoms with Gasteiger partial charge in [-0.05, 0) is 30.7 Å². The lowest BCUT2D eigenvalue weighted by atomic mass is 10.1. The van der Waals surface area contributed by atoms with Crippen molar-refractivity contribution >= 4 is 0 Å². The Bertz CT molecular complexity index is 569. The highest BCUT2D eigenvalue weighted by Crippen LogP contribution is 2.16. The van der Waals surface area contributed by atoms with Gasteiger partial charge in [0.05, 0.1) is 0 Å². The molecule has 1 unspecified atom stereocenters. The maximum Gasteiger partial charge on any atom is 0.163 e. The highest BCUT2D eigenvalue weighted by Gasteiger charge is 2.10. The molecule has 100 valence electrons. The van der Waals surface area contributed by atoms with Crippen LogP contribution in [0.25, 0.3) is 0 Å². The smallest absolute Gasteiger partial charge is 0.163 e. The zero-order valence-electron chi connectivity index (χ0n) is 10.5. The Labute approximate surface area is 110 Å². The molecule has 0 aliphatic rings. The number of hydrogen-bond donors (Lipinski definition) is 1. The van der Waals surface area contributed by atoms with Gasteiger partial charge in [-0.2, -0.15) is 0 Å². The van der Waals surface area contributed by atoms with Crippen molar-refractivity contribution in [3.8, 4) is 0 Å². The second kappa shape index (κ2) is 5.89. The van der Waals surface area contributed by atoms with Crippen LogP contribution < -0.4 is 5.32 Å². The molecule has 0 heterocycles. The number of rotatable bonds is 4. The minimum atomic E-state index is -0.863. The summed E-state index contributed by atoms with van der Waals surface area (Å²) in [5.74, 6) is -2.03. The van der Waals surface area contributed by atoms with Crippen LogP contribution in [0.4, 0.5) is 13.2 Å². The Morgan fingerprint density at radius 1 is 1.05 bits per heavy atom. The van der Waals surface area contributed by atoms with Gasteiger partial charge in [0.2, 0.25) is 0 Å². The Balaban J connectivity index is 2.04. The molecule has 1 atom stereocenters. The van der Waals surface area contributed by atoms with Gasteiger partial charge in [0.15, 0.2) is 11.6 Å². The standard InChI is InChI=1S/C15H14F3N/c1-10(11-4-2-6-13(16)8-11)19-9-12-5-3-7-14(17)15(12)18/h2-8,10,19H,9H2,1H3. The minimum Gasteiger partial charge on any atom is -0.306 e. The van der Waals surface area contributed by atoms with Crippen molar-refractivity contribution in [2.24, 2.45) is 0 Å². The van der Waals surface area contributed by atoms with E-state index in [9.17, 15) is 13.2 Å². The topological polar surface area (TPSA) is 12.0 Å². The van der Waals surface area contributed by atoms with E-state index in [1.807, 2.05) is 6.92 Å². The van der Waals surface area contributed by atoms with Crippen molar-refractivity contribution in [2.45, 2.75) is 19.5 Å². The van der Waals surface area contributed by atoms with Crippen molar-refractivity contribution in [1.82, 2.24) is 5.32 Å². The molecule has 0 radical (unpaired) electrons. The normalized spacial score (nSPS) is 12.4. The largest absolute Gasteiger partial charge is 0.306 e. The second-order valence-electron chi connectivity index (χ2n) is 4.37. The van der Waals surface area contributed by atoms with Crippen LogP contribution in [0.15, 0.2) is 42.5 Å². The third-order valence-corrected chi connectivity index (χ3v) is 2.98. The molecular weight excluding hydrogens is 251 g/mol. The van der Waals surface area contributed by atoms with Crippen LogP contribution in [-0.2, 0) is 6.54 Å². The quantitative estimate of drug-likeness (QED) is 0.882. The monoisotopic (exact) mass is 265 g/mol. The molecule has 19 heavy (non-hydrogen) atoms. The predicted octanol–water partition coefficient (Wildman–Crippen LogP) is 3.95. The van der Waals surface area contributed by atoms with Gasteiger partial charge in [-0.15, -0.1) is 0 Å². The van der Waals surface area contributed by atoms with Crippen molar-refractivity contribution in [3.05, 3.63) is 71.0 Å². The van der Waals surface area contributed by atoms with E-state index in [1.54, 1.807) is 12.1 Å². The second-order valence-corrected chi connectivity index (χ2v) is 4.37. The van der Waals surface area contributed by atoms with Crippen LogP contribution in [0, 0.1) is 17.5 Å². The first-order chi connectivity index (χ1) is 9.08. The van der Waals surface area contributed by atoms with Gasteiger partial charge in [-0.3, -0.25) is 0 Å². The van der Waals surface area contributed by atoms with Crippen molar-refractivity contribution in [1.29, 1.82) is 0 Å². The van der Waals surface area contributed by atoms with E-state index >= 15 is 0 Å². The molecule has 2 rings (SSSR count). The summed E-state index contributed by atoms with van der Waals surface area (Å²) in [5.41, 5.74) is 1.01. The average molecular weight is 265 g/mol. The molecule has 0 saturated carbocycles. The predicted molar refractivity (Wildman–Crippen MR) is 68.0 cm³/mol. The Hall–Kier alpha value is -1.81. The lowest BCUT2D eigenvalue weighted by molar-refractivity contribution is 0.484. The molecule has 2 aromatic rings. The summed E-state index contributed by atoms with van der Waals surface area (Å²) < 4.78 is 39.5. The van der Waals surface area contributed by atoms with Gasteiger partial charge >= 0.3 is 0 Å². The molecule has 4 heteroatoms. The molecule has 0 aliphatic heterocycles. The van der Waals surface area contributed by atoms with Crippen LogP contribution in [0.2, 0.25) is 0 Å². The van der Waals surface area contributed by atoms with Gasteiger partial charge in [0.1, 0.15) is 5.82 Å². The molecular formula is C15H14F3N. The van der Waals surface area contributed by atoms with E-state index in [1.165, 1.54) is 24.3 Å². The number of halogens is 3. The lowest BCUT2D eigenvalue weighted by Crippen LogP contribution is -2.19. The summed E-state index contributed by atoms with van der Waals surface area (Å²) >= 11 is 0. The van der Waals surface area contributed by atoms with E-state index < -0.39 is 11.6 Å². The zero-order valence-corrected chi connectivity index (χ0v) is 10.5. The summed E-state index contributed by atoms with van der Waals surface area (Å²) in [4.78, 5) is 0. The van der Waals surface area contributed by atoms with E-state index in [0.29, 0.717) is 0 Å². The summed E-state index contributed by atoms with van der Waals surface area (Å²) in [6.45, 7) is 2.02. The van der Waals surface area contributed by atoms with E-state index in [-0.39, 0.29) is 24.0 Å². The first-order valence-electron chi connectivity index (χ1n) is 5.99. The summed E-state index contributed by atoms with van der Waals surface area (Å²) in [6, 6.07) is 10.1. The highest BCUT2D eigenvalue weighted by molar-refractivity contribution is 5.21. The van der Waals surface area contributed by atoms with Gasteiger partial charge in [0, 0.05) is 18.2 Å². The first-order valence-corrected chi connectivity index (χ1v) is 5.99. The Morgan fingerprint density at radius 3 is 2.53 bits per heavy atom. The zero-order chi connectivity index (χ0) is 13.8. The van der Waals surface area contributed by atoms with E-state index in [0.717, 1.165) is 11.6 Å². The SMILES string of the molecule is CC(NCc1cccc(F)c1F)c1cccc(F)c1. The van der Waals surface area contributed by atoms with Gasteiger partial charge in [-0.25, -0.2) is 13.2 Å². The molecule has 0 bridgehead atoms. The van der Waals surface area contributed by atoms with Crippen molar-refractivity contribution in [2.75, 3.05) is 0 Å². The van der Waals surface area contributed by atoms with Crippen LogP contribution in [0.1, 0.15) is 24.1 Å². The molecule has 1 nitrogen and oxygen atoms in total.